The Morgan fingerprint density at radius 3 is 2.50 bits per heavy atom. The Kier molecular flexibility index (Phi) is 8.34. The average Bonchev–Trinajstić information content (AvgIpc) is 3.73. The topological polar surface area (TPSA) is 140 Å². The standard InChI is InChI=1S/C29H43N9O2/c39-27-9-4-16-38(27)23-8-3-7-22(17-23)33-29(40)32-21-12-10-20(11-13-21)31-28-30-15-14-25(35-28)34-26-18-24(36-37-26)19-5-1-2-6-19/h14-15,18-23H,1-13,16-17H2,(H2,32,33,40)(H3,30,31,34,35,36,37)/t20?,21?,22?,23-/m0/s1. The Labute approximate surface area is 236 Å². The lowest BCUT2D eigenvalue weighted by atomic mass is 9.90. The third kappa shape index (κ3) is 6.67. The molecule has 216 valence electrons. The normalized spacial score (nSPS) is 27.5. The van der Waals surface area contributed by atoms with Gasteiger partial charge in [-0.25, -0.2) is 9.78 Å². The van der Waals surface area contributed by atoms with Gasteiger partial charge in [0.2, 0.25) is 11.9 Å². The summed E-state index contributed by atoms with van der Waals surface area (Å²) in [5.74, 6) is 2.97. The zero-order valence-corrected chi connectivity index (χ0v) is 23.3. The van der Waals surface area contributed by atoms with Gasteiger partial charge in [-0.1, -0.05) is 12.8 Å². The quantitative estimate of drug-likeness (QED) is 0.325. The van der Waals surface area contributed by atoms with Gasteiger partial charge in [0.25, 0.3) is 0 Å². The molecule has 1 unspecified atom stereocenters. The number of amides is 3. The minimum absolute atomic E-state index is 0.0774. The Hall–Kier alpha value is -3.37. The fraction of sp³-hybridized carbons (Fsp3) is 0.690. The van der Waals surface area contributed by atoms with E-state index in [1.807, 2.05) is 11.0 Å². The van der Waals surface area contributed by atoms with Crippen LogP contribution in [0.15, 0.2) is 18.3 Å². The monoisotopic (exact) mass is 549 g/mol. The first-order chi connectivity index (χ1) is 19.6. The summed E-state index contributed by atoms with van der Waals surface area (Å²) in [5, 5.41) is 20.8. The van der Waals surface area contributed by atoms with Gasteiger partial charge >= 0.3 is 6.03 Å². The van der Waals surface area contributed by atoms with Crippen LogP contribution in [-0.4, -0.2) is 67.7 Å². The molecule has 4 fully saturated rings. The maximum Gasteiger partial charge on any atom is 0.315 e. The number of urea groups is 1. The Morgan fingerprint density at radius 1 is 0.900 bits per heavy atom. The van der Waals surface area contributed by atoms with Gasteiger partial charge in [-0.05, 0) is 76.7 Å². The summed E-state index contributed by atoms with van der Waals surface area (Å²) in [6, 6.07) is 4.72. The number of anilines is 3. The lowest BCUT2D eigenvalue weighted by molar-refractivity contribution is -0.130. The predicted octanol–water partition coefficient (Wildman–Crippen LogP) is 4.56. The molecule has 0 spiro atoms. The molecule has 11 heteroatoms. The number of hydrogen-bond acceptors (Lipinski definition) is 7. The lowest BCUT2D eigenvalue weighted by Gasteiger charge is -2.36. The van der Waals surface area contributed by atoms with Crippen LogP contribution in [0.2, 0.25) is 0 Å². The van der Waals surface area contributed by atoms with E-state index >= 15 is 0 Å². The molecule has 1 aliphatic heterocycles. The minimum atomic E-state index is -0.0774. The molecular formula is C29H43N9O2. The van der Waals surface area contributed by atoms with Crippen LogP contribution < -0.4 is 21.3 Å². The van der Waals surface area contributed by atoms with Gasteiger partial charge in [-0.2, -0.15) is 10.1 Å². The third-order valence-electron chi connectivity index (χ3n) is 9.23. The van der Waals surface area contributed by atoms with Crippen LogP contribution in [0.5, 0.6) is 0 Å². The van der Waals surface area contributed by atoms with E-state index in [0.29, 0.717) is 24.1 Å². The second-order valence-electron chi connectivity index (χ2n) is 12.1. The number of likely N-dealkylation sites (tertiary alicyclic amines) is 1. The highest BCUT2D eigenvalue weighted by Crippen LogP contribution is 2.34. The molecule has 1 saturated heterocycles. The van der Waals surface area contributed by atoms with E-state index in [1.54, 1.807) is 6.20 Å². The average molecular weight is 550 g/mol. The molecule has 0 bridgehead atoms. The number of carbonyl (C=O) groups is 2. The third-order valence-corrected chi connectivity index (χ3v) is 9.23. The number of aromatic amines is 1. The fourth-order valence-corrected chi connectivity index (χ4v) is 7.09. The maximum atomic E-state index is 12.8. The van der Waals surface area contributed by atoms with Gasteiger partial charge in [-0.15, -0.1) is 0 Å². The molecule has 2 atom stereocenters. The van der Waals surface area contributed by atoms with Crippen molar-refractivity contribution in [2.45, 2.75) is 120 Å². The Bertz CT molecular complexity index is 1160. The second-order valence-corrected chi connectivity index (χ2v) is 12.1. The van der Waals surface area contributed by atoms with Crippen molar-refractivity contribution >= 4 is 29.5 Å². The van der Waals surface area contributed by atoms with Crippen molar-refractivity contribution in [3.05, 3.63) is 24.0 Å². The highest BCUT2D eigenvalue weighted by Gasteiger charge is 2.33. The van der Waals surface area contributed by atoms with Gasteiger partial charge in [0.15, 0.2) is 5.82 Å². The molecule has 3 saturated carbocycles. The summed E-state index contributed by atoms with van der Waals surface area (Å²) in [7, 11) is 0. The van der Waals surface area contributed by atoms with E-state index < -0.39 is 0 Å². The molecule has 2 aromatic heterocycles. The van der Waals surface area contributed by atoms with Gasteiger partial charge in [0.05, 0.1) is 0 Å². The molecule has 4 aliphatic rings. The minimum Gasteiger partial charge on any atom is -0.351 e. The van der Waals surface area contributed by atoms with Crippen molar-refractivity contribution in [2.24, 2.45) is 0 Å². The van der Waals surface area contributed by atoms with Gasteiger partial charge < -0.3 is 26.2 Å². The summed E-state index contributed by atoms with van der Waals surface area (Å²) < 4.78 is 0. The van der Waals surface area contributed by atoms with Crippen molar-refractivity contribution in [2.75, 3.05) is 17.2 Å². The second kappa shape index (κ2) is 12.4. The Morgan fingerprint density at radius 2 is 1.70 bits per heavy atom. The fourth-order valence-electron chi connectivity index (χ4n) is 7.09. The molecule has 0 aromatic carbocycles. The number of aromatic nitrogens is 4. The first-order valence-corrected chi connectivity index (χ1v) is 15.4. The molecule has 2 aromatic rings. The number of carbonyl (C=O) groups excluding carboxylic acids is 2. The van der Waals surface area contributed by atoms with Gasteiger partial charge in [0, 0.05) is 61.0 Å². The summed E-state index contributed by atoms with van der Waals surface area (Å²) >= 11 is 0. The van der Waals surface area contributed by atoms with Crippen molar-refractivity contribution in [1.29, 1.82) is 0 Å². The molecule has 6 rings (SSSR count). The number of hydrogen-bond donors (Lipinski definition) is 5. The maximum absolute atomic E-state index is 12.8. The summed E-state index contributed by atoms with van der Waals surface area (Å²) in [6.45, 7) is 0.872. The molecular weight excluding hydrogens is 506 g/mol. The highest BCUT2D eigenvalue weighted by molar-refractivity contribution is 5.78. The van der Waals surface area contributed by atoms with E-state index in [1.165, 1.54) is 31.4 Å². The predicted molar refractivity (Wildman–Crippen MR) is 153 cm³/mol. The van der Waals surface area contributed by atoms with E-state index in [2.05, 4.69) is 47.5 Å². The van der Waals surface area contributed by atoms with Crippen LogP contribution in [-0.2, 0) is 4.79 Å². The van der Waals surface area contributed by atoms with E-state index in [-0.39, 0.29) is 36.1 Å². The molecule has 3 amide bonds. The lowest BCUT2D eigenvalue weighted by Crippen LogP contribution is -2.51. The zero-order valence-electron chi connectivity index (χ0n) is 23.3. The number of nitrogens with one attached hydrogen (secondary N) is 5. The summed E-state index contributed by atoms with van der Waals surface area (Å²) in [6.07, 6.45) is 16.1. The summed E-state index contributed by atoms with van der Waals surface area (Å²) in [5.41, 5.74) is 1.20. The SMILES string of the molecule is O=C(NC1CCC(Nc2nccc(Nc3cc(C4CCCC4)[nH]n3)n2)CC1)NC1CCC[C@H](N2CCCC2=O)C1. The van der Waals surface area contributed by atoms with Gasteiger partial charge in [0.1, 0.15) is 5.82 Å². The van der Waals surface area contributed by atoms with E-state index in [9.17, 15) is 9.59 Å². The van der Waals surface area contributed by atoms with Crippen molar-refractivity contribution < 1.29 is 9.59 Å². The number of rotatable bonds is 8. The largest absolute Gasteiger partial charge is 0.351 e. The number of H-pyrrole nitrogens is 1. The van der Waals surface area contributed by atoms with Gasteiger partial charge in [-0.3, -0.25) is 9.89 Å². The van der Waals surface area contributed by atoms with Crippen LogP contribution in [0.25, 0.3) is 0 Å². The number of nitrogens with zero attached hydrogens (tertiary/aromatic N) is 4. The molecule has 11 nitrogen and oxygen atoms in total. The smallest absolute Gasteiger partial charge is 0.315 e. The molecule has 3 aliphatic carbocycles. The van der Waals surface area contributed by atoms with Crippen LogP contribution in [0.3, 0.4) is 0 Å². The summed E-state index contributed by atoms with van der Waals surface area (Å²) in [4.78, 5) is 36.0. The van der Waals surface area contributed by atoms with Crippen LogP contribution in [0.4, 0.5) is 22.4 Å². The first kappa shape index (κ1) is 26.8. The van der Waals surface area contributed by atoms with Crippen LogP contribution >= 0.6 is 0 Å². The molecule has 40 heavy (non-hydrogen) atoms. The van der Waals surface area contributed by atoms with E-state index in [4.69, 9.17) is 0 Å². The van der Waals surface area contributed by atoms with Crippen LogP contribution in [0, 0.1) is 0 Å². The highest BCUT2D eigenvalue weighted by atomic mass is 16.2. The molecule has 3 heterocycles. The molecule has 5 N–H and O–H groups in total. The zero-order chi connectivity index (χ0) is 27.3. The van der Waals surface area contributed by atoms with Crippen molar-refractivity contribution in [3.8, 4) is 0 Å². The van der Waals surface area contributed by atoms with Crippen molar-refractivity contribution in [1.82, 2.24) is 35.7 Å². The first-order valence-electron chi connectivity index (χ1n) is 15.4. The Balaban J connectivity index is 0.926. The molecule has 0 radical (unpaired) electrons. The van der Waals surface area contributed by atoms with E-state index in [0.717, 1.165) is 70.2 Å². The van der Waals surface area contributed by atoms with Crippen LogP contribution in [0.1, 0.15) is 102 Å². The van der Waals surface area contributed by atoms with Crippen molar-refractivity contribution in [3.63, 3.8) is 0 Å².